The van der Waals surface area contributed by atoms with Gasteiger partial charge in [0, 0.05) is 37.2 Å². The first-order valence-corrected chi connectivity index (χ1v) is 7.38. The smallest absolute Gasteiger partial charge is 0.289 e. The number of sulfonamides is 1. The lowest BCUT2D eigenvalue weighted by atomic mass is 10.3. The van der Waals surface area contributed by atoms with E-state index in [0.29, 0.717) is 6.54 Å². The molecular weight excluding hydrogens is 298 g/mol. The molecule has 1 aromatic carbocycles. The van der Waals surface area contributed by atoms with Crippen molar-refractivity contribution in [2.24, 2.45) is 0 Å². The van der Waals surface area contributed by atoms with Crippen LogP contribution in [0.5, 0.6) is 0 Å². The minimum absolute atomic E-state index is 0.0741. The van der Waals surface area contributed by atoms with Crippen molar-refractivity contribution in [2.75, 3.05) is 12.3 Å². The topological polar surface area (TPSA) is 133 Å². The van der Waals surface area contributed by atoms with Gasteiger partial charge in [0.05, 0.1) is 11.3 Å². The molecule has 0 saturated heterocycles. The Labute approximate surface area is 120 Å². The molecule has 0 radical (unpaired) electrons. The second kappa shape index (κ2) is 5.89. The molecule has 0 amide bonds. The van der Waals surface area contributed by atoms with Crippen molar-refractivity contribution in [1.82, 2.24) is 14.3 Å². The van der Waals surface area contributed by atoms with Crippen molar-refractivity contribution in [1.29, 1.82) is 0 Å². The number of benzene rings is 1. The Kier molecular flexibility index (Phi) is 4.19. The van der Waals surface area contributed by atoms with Crippen LogP contribution in [0.4, 0.5) is 11.4 Å². The number of nitrogens with two attached hydrogens (primary N) is 1. The summed E-state index contributed by atoms with van der Waals surface area (Å²) in [6, 6.07) is 3.42. The highest BCUT2D eigenvalue weighted by atomic mass is 32.2. The third-order valence-corrected chi connectivity index (χ3v) is 4.18. The van der Waals surface area contributed by atoms with Crippen LogP contribution in [0.3, 0.4) is 0 Å². The number of hydrogen-bond acceptors (Lipinski definition) is 6. The van der Waals surface area contributed by atoms with E-state index < -0.39 is 25.5 Å². The van der Waals surface area contributed by atoms with Crippen molar-refractivity contribution in [3.05, 3.63) is 47.0 Å². The predicted octanol–water partition coefficient (Wildman–Crippen LogP) is 0.352. The van der Waals surface area contributed by atoms with Gasteiger partial charge in [-0.15, -0.1) is 0 Å². The summed E-state index contributed by atoms with van der Waals surface area (Å²) in [5.41, 5.74) is 5.12. The molecule has 0 saturated carbocycles. The Morgan fingerprint density at radius 1 is 1.43 bits per heavy atom. The number of nitro groups is 1. The van der Waals surface area contributed by atoms with E-state index in [4.69, 9.17) is 5.73 Å². The maximum Gasteiger partial charge on any atom is 0.289 e. The summed E-state index contributed by atoms with van der Waals surface area (Å²) < 4.78 is 28.3. The first kappa shape index (κ1) is 14.9. The molecule has 2 rings (SSSR count). The molecule has 10 heteroatoms. The summed E-state index contributed by atoms with van der Waals surface area (Å²) >= 11 is 0. The maximum absolute atomic E-state index is 12.1. The van der Waals surface area contributed by atoms with Crippen LogP contribution in [0.2, 0.25) is 0 Å². The molecule has 0 unspecified atom stereocenters. The second-order valence-corrected chi connectivity index (χ2v) is 5.92. The number of nitrogens with one attached hydrogen (secondary N) is 1. The van der Waals surface area contributed by atoms with E-state index in [0.717, 1.165) is 12.1 Å². The fourth-order valence-electron chi connectivity index (χ4n) is 1.70. The zero-order valence-corrected chi connectivity index (χ0v) is 11.7. The standard InChI is InChI=1S/C11H13N5O4S/c12-9-1-2-10(16(17)18)11(7-9)21(19,20)14-4-6-15-5-3-13-8-15/h1-3,5,7-8,14H,4,6,12H2. The highest BCUT2D eigenvalue weighted by molar-refractivity contribution is 7.89. The lowest BCUT2D eigenvalue weighted by Crippen LogP contribution is -2.28. The van der Waals surface area contributed by atoms with Crippen LogP contribution >= 0.6 is 0 Å². The molecule has 0 fully saturated rings. The molecule has 2 aromatic rings. The van der Waals surface area contributed by atoms with E-state index in [1.807, 2.05) is 0 Å². The molecule has 0 aliphatic rings. The molecule has 1 heterocycles. The van der Waals surface area contributed by atoms with Crippen molar-refractivity contribution in [3.63, 3.8) is 0 Å². The number of imidazole rings is 1. The van der Waals surface area contributed by atoms with Crippen LogP contribution in [0.15, 0.2) is 41.8 Å². The summed E-state index contributed by atoms with van der Waals surface area (Å²) in [5, 5.41) is 10.9. The van der Waals surface area contributed by atoms with Crippen molar-refractivity contribution in [2.45, 2.75) is 11.4 Å². The van der Waals surface area contributed by atoms with Gasteiger partial charge in [-0.1, -0.05) is 0 Å². The van der Waals surface area contributed by atoms with Crippen molar-refractivity contribution >= 4 is 21.4 Å². The Bertz CT molecular complexity index is 742. The van der Waals surface area contributed by atoms with E-state index in [1.54, 1.807) is 17.0 Å². The Morgan fingerprint density at radius 3 is 2.81 bits per heavy atom. The van der Waals surface area contributed by atoms with Gasteiger partial charge >= 0.3 is 0 Å². The van der Waals surface area contributed by atoms with Crippen LogP contribution in [-0.4, -0.2) is 29.4 Å². The van der Waals surface area contributed by atoms with Gasteiger partial charge in [0.25, 0.3) is 5.69 Å². The quantitative estimate of drug-likeness (QED) is 0.449. The van der Waals surface area contributed by atoms with Gasteiger partial charge in [-0.25, -0.2) is 18.1 Å². The zero-order valence-electron chi connectivity index (χ0n) is 10.8. The average Bonchev–Trinajstić information content (AvgIpc) is 2.91. The third kappa shape index (κ3) is 3.55. The minimum atomic E-state index is -4.02. The van der Waals surface area contributed by atoms with E-state index in [-0.39, 0.29) is 12.2 Å². The normalized spacial score (nSPS) is 11.4. The van der Waals surface area contributed by atoms with Gasteiger partial charge in [-0.05, 0) is 12.1 Å². The fraction of sp³-hybridized carbons (Fsp3) is 0.182. The molecule has 21 heavy (non-hydrogen) atoms. The van der Waals surface area contributed by atoms with Crippen LogP contribution in [0.1, 0.15) is 0 Å². The van der Waals surface area contributed by atoms with Gasteiger partial charge in [-0.2, -0.15) is 0 Å². The van der Waals surface area contributed by atoms with E-state index >= 15 is 0 Å². The van der Waals surface area contributed by atoms with Crippen LogP contribution < -0.4 is 10.5 Å². The predicted molar refractivity (Wildman–Crippen MR) is 74.9 cm³/mol. The molecule has 1 aromatic heterocycles. The summed E-state index contributed by atoms with van der Waals surface area (Å²) in [5.74, 6) is 0. The first-order chi connectivity index (χ1) is 9.90. The number of nitro benzene ring substituents is 1. The largest absolute Gasteiger partial charge is 0.399 e. The highest BCUT2D eigenvalue weighted by Crippen LogP contribution is 2.25. The lowest BCUT2D eigenvalue weighted by molar-refractivity contribution is -0.387. The summed E-state index contributed by atoms with van der Waals surface area (Å²) in [7, 11) is -4.02. The van der Waals surface area contributed by atoms with Gasteiger partial charge in [0.1, 0.15) is 0 Å². The highest BCUT2D eigenvalue weighted by Gasteiger charge is 2.25. The van der Waals surface area contributed by atoms with Crippen LogP contribution in [-0.2, 0) is 16.6 Å². The molecule has 0 spiro atoms. The Morgan fingerprint density at radius 2 is 2.19 bits per heavy atom. The Hall–Kier alpha value is -2.46. The van der Waals surface area contributed by atoms with Crippen LogP contribution in [0.25, 0.3) is 0 Å². The summed E-state index contributed by atoms with van der Waals surface area (Å²) in [6.07, 6.45) is 4.78. The number of hydrogen-bond donors (Lipinski definition) is 2. The monoisotopic (exact) mass is 311 g/mol. The maximum atomic E-state index is 12.1. The van der Waals surface area contributed by atoms with Gasteiger partial charge in [-0.3, -0.25) is 10.1 Å². The number of nitrogen functional groups attached to an aromatic ring is 1. The number of rotatable bonds is 6. The zero-order chi connectivity index (χ0) is 15.5. The van der Waals surface area contributed by atoms with Crippen LogP contribution in [0, 0.1) is 10.1 Å². The number of nitrogens with zero attached hydrogens (tertiary/aromatic N) is 3. The van der Waals surface area contributed by atoms with Crippen molar-refractivity contribution < 1.29 is 13.3 Å². The van der Waals surface area contributed by atoms with E-state index in [9.17, 15) is 18.5 Å². The molecule has 0 atom stereocenters. The SMILES string of the molecule is Nc1ccc([N+](=O)[O-])c(S(=O)(=O)NCCn2ccnc2)c1. The molecule has 3 N–H and O–H groups in total. The molecule has 0 aliphatic carbocycles. The molecule has 0 bridgehead atoms. The number of anilines is 1. The molecule has 112 valence electrons. The number of aromatic nitrogens is 2. The third-order valence-electron chi connectivity index (χ3n) is 2.69. The second-order valence-electron chi connectivity index (χ2n) is 4.18. The van der Waals surface area contributed by atoms with Gasteiger partial charge < -0.3 is 10.3 Å². The fourth-order valence-corrected chi connectivity index (χ4v) is 2.93. The summed E-state index contributed by atoms with van der Waals surface area (Å²) in [6.45, 7) is 0.431. The first-order valence-electron chi connectivity index (χ1n) is 5.89. The molecule has 9 nitrogen and oxygen atoms in total. The van der Waals surface area contributed by atoms with E-state index in [1.165, 1.54) is 12.4 Å². The van der Waals surface area contributed by atoms with Gasteiger partial charge in [0.2, 0.25) is 10.0 Å². The Balaban J connectivity index is 2.19. The van der Waals surface area contributed by atoms with Gasteiger partial charge in [0.15, 0.2) is 4.90 Å². The summed E-state index contributed by atoms with van der Waals surface area (Å²) in [4.78, 5) is 13.5. The lowest BCUT2D eigenvalue weighted by Gasteiger charge is -2.08. The average molecular weight is 311 g/mol. The van der Waals surface area contributed by atoms with Crippen molar-refractivity contribution in [3.8, 4) is 0 Å². The minimum Gasteiger partial charge on any atom is -0.399 e. The van der Waals surface area contributed by atoms with E-state index in [2.05, 4.69) is 9.71 Å². The molecular formula is C11H13N5O4S. The molecule has 0 aliphatic heterocycles.